The van der Waals surface area contributed by atoms with Gasteiger partial charge in [-0.3, -0.25) is 10.2 Å². The fraction of sp³-hybridized carbons (Fsp3) is 0.250. The van der Waals surface area contributed by atoms with Crippen LogP contribution in [0.1, 0.15) is 29.2 Å². The largest absolute Gasteiger partial charge is 0.497 e. The van der Waals surface area contributed by atoms with Gasteiger partial charge in [0.15, 0.2) is 6.04 Å². The van der Waals surface area contributed by atoms with Gasteiger partial charge in [-0.2, -0.15) is 0 Å². The normalized spacial score (nSPS) is 11.4. The molecule has 0 aliphatic heterocycles. The number of nitrogens with one attached hydrogen (secondary N) is 2. The first-order valence-corrected chi connectivity index (χ1v) is 8.67. The highest BCUT2D eigenvalue weighted by Gasteiger charge is 2.26. The number of benzene rings is 2. The van der Waals surface area contributed by atoms with Crippen molar-refractivity contribution in [1.82, 2.24) is 0 Å². The molecule has 0 spiro atoms. The Morgan fingerprint density at radius 3 is 2.28 bits per heavy atom. The smallest absolute Gasteiger partial charge is 0.330 e. The highest BCUT2D eigenvalue weighted by molar-refractivity contribution is 5.95. The Kier molecular flexibility index (Phi) is 7.02. The van der Waals surface area contributed by atoms with Crippen LogP contribution in [0.25, 0.3) is 0 Å². The standard InChI is InChI=1S/C20H23N3O6/c1-28-13-9-15(14(7-8-17(24)25)16(10-13)29-2)18(20(26)27)23-12-5-3-11(4-6-12)19(21)22/h3-6,9-10,18,23H,7-8H2,1-2H3,(H3,21,22)(H,24,25)(H,26,27). The number of carboxylic acids is 2. The number of anilines is 1. The molecular weight excluding hydrogens is 378 g/mol. The number of amidine groups is 1. The Hall–Kier alpha value is -3.75. The summed E-state index contributed by atoms with van der Waals surface area (Å²) in [5.41, 5.74) is 7.25. The van der Waals surface area contributed by atoms with Crippen LogP contribution in [0.4, 0.5) is 5.69 Å². The number of carboxylic acid groups (broad SMARTS) is 2. The maximum Gasteiger partial charge on any atom is 0.330 e. The van der Waals surface area contributed by atoms with Gasteiger partial charge in [0.1, 0.15) is 17.3 Å². The molecule has 0 aromatic heterocycles. The predicted octanol–water partition coefficient (Wildman–Crippen LogP) is 2.24. The van der Waals surface area contributed by atoms with Gasteiger partial charge in [-0.05, 0) is 42.3 Å². The van der Waals surface area contributed by atoms with E-state index in [9.17, 15) is 14.7 Å². The summed E-state index contributed by atoms with van der Waals surface area (Å²) in [6.45, 7) is 0. The van der Waals surface area contributed by atoms with Crippen LogP contribution >= 0.6 is 0 Å². The minimum atomic E-state index is -1.19. The summed E-state index contributed by atoms with van der Waals surface area (Å²) >= 11 is 0. The van der Waals surface area contributed by atoms with Gasteiger partial charge in [0.25, 0.3) is 0 Å². The summed E-state index contributed by atoms with van der Waals surface area (Å²) in [4.78, 5) is 23.1. The molecule has 0 radical (unpaired) electrons. The van der Waals surface area contributed by atoms with E-state index < -0.39 is 18.0 Å². The second-order valence-corrected chi connectivity index (χ2v) is 6.20. The maximum atomic E-state index is 12.1. The van der Waals surface area contributed by atoms with Crippen LogP contribution in [0.15, 0.2) is 36.4 Å². The third-order valence-electron chi connectivity index (χ3n) is 4.33. The summed E-state index contributed by atoms with van der Waals surface area (Å²) in [5, 5.41) is 29.3. The van der Waals surface area contributed by atoms with E-state index in [2.05, 4.69) is 5.32 Å². The lowest BCUT2D eigenvalue weighted by atomic mass is 9.95. The van der Waals surface area contributed by atoms with Gasteiger partial charge in [0.2, 0.25) is 0 Å². The second kappa shape index (κ2) is 9.45. The van der Waals surface area contributed by atoms with Gasteiger partial charge in [-0.25, -0.2) is 4.79 Å². The molecule has 0 amide bonds. The monoisotopic (exact) mass is 401 g/mol. The van der Waals surface area contributed by atoms with Crippen molar-refractivity contribution in [3.8, 4) is 11.5 Å². The average Bonchev–Trinajstić information content (AvgIpc) is 2.69. The zero-order chi connectivity index (χ0) is 21.6. The number of methoxy groups -OCH3 is 2. The molecule has 1 unspecified atom stereocenters. The van der Waals surface area contributed by atoms with Gasteiger partial charge in [0, 0.05) is 29.3 Å². The van der Waals surface area contributed by atoms with E-state index in [0.717, 1.165) is 0 Å². The molecule has 0 heterocycles. The highest BCUT2D eigenvalue weighted by atomic mass is 16.5. The minimum Gasteiger partial charge on any atom is -0.497 e. The molecule has 0 aliphatic rings. The van der Waals surface area contributed by atoms with Crippen LogP contribution in [-0.4, -0.2) is 42.2 Å². The van der Waals surface area contributed by atoms with Crippen molar-refractivity contribution in [2.75, 3.05) is 19.5 Å². The quantitative estimate of drug-likeness (QED) is 0.300. The number of aliphatic carboxylic acids is 2. The van der Waals surface area contributed by atoms with Crippen molar-refractivity contribution in [3.63, 3.8) is 0 Å². The van der Waals surface area contributed by atoms with Crippen molar-refractivity contribution in [2.45, 2.75) is 18.9 Å². The molecule has 0 bridgehead atoms. The first-order valence-electron chi connectivity index (χ1n) is 8.67. The van der Waals surface area contributed by atoms with Crippen LogP contribution in [0.5, 0.6) is 11.5 Å². The van der Waals surface area contributed by atoms with Gasteiger partial charge in [-0.1, -0.05) is 0 Å². The van der Waals surface area contributed by atoms with Crippen molar-refractivity contribution in [3.05, 3.63) is 53.1 Å². The highest BCUT2D eigenvalue weighted by Crippen LogP contribution is 2.35. The van der Waals surface area contributed by atoms with Crippen molar-refractivity contribution in [1.29, 1.82) is 5.41 Å². The number of nitrogens with two attached hydrogens (primary N) is 1. The van der Waals surface area contributed by atoms with Gasteiger partial charge < -0.3 is 30.7 Å². The minimum absolute atomic E-state index is 0.0898. The fourth-order valence-electron chi connectivity index (χ4n) is 2.88. The SMILES string of the molecule is COc1cc(OC)c(CCC(=O)O)c(C(Nc2ccc(C(=N)N)cc2)C(=O)O)c1. The molecule has 2 rings (SSSR count). The Labute approximate surface area is 167 Å². The van der Waals surface area contributed by atoms with Gasteiger partial charge >= 0.3 is 11.9 Å². The van der Waals surface area contributed by atoms with Crippen LogP contribution in [0, 0.1) is 5.41 Å². The van der Waals surface area contributed by atoms with Crippen molar-refractivity contribution in [2.24, 2.45) is 5.73 Å². The number of ether oxygens (including phenoxy) is 2. The third-order valence-corrected chi connectivity index (χ3v) is 4.33. The number of carbonyl (C=O) groups is 2. The Bertz CT molecular complexity index is 911. The summed E-state index contributed by atoms with van der Waals surface area (Å²) in [5.74, 6) is -1.53. The predicted molar refractivity (Wildman–Crippen MR) is 107 cm³/mol. The van der Waals surface area contributed by atoms with Crippen LogP contribution in [0.2, 0.25) is 0 Å². The second-order valence-electron chi connectivity index (χ2n) is 6.20. The number of rotatable bonds is 10. The topological polar surface area (TPSA) is 155 Å². The molecule has 9 heteroatoms. The molecule has 29 heavy (non-hydrogen) atoms. The summed E-state index contributed by atoms with van der Waals surface area (Å²) in [7, 11) is 2.87. The molecule has 0 saturated heterocycles. The third kappa shape index (κ3) is 5.38. The summed E-state index contributed by atoms with van der Waals surface area (Å²) in [6.07, 6.45) is -0.0953. The number of hydrogen-bond acceptors (Lipinski definition) is 6. The van der Waals surface area contributed by atoms with Crippen LogP contribution in [-0.2, 0) is 16.0 Å². The van der Waals surface area contributed by atoms with Crippen LogP contribution < -0.4 is 20.5 Å². The molecular formula is C20H23N3O6. The van der Waals surface area contributed by atoms with Gasteiger partial charge in [-0.15, -0.1) is 0 Å². The maximum absolute atomic E-state index is 12.1. The van der Waals surface area contributed by atoms with Gasteiger partial charge in [0.05, 0.1) is 14.2 Å². The fourth-order valence-corrected chi connectivity index (χ4v) is 2.88. The molecule has 2 aromatic rings. The van der Waals surface area contributed by atoms with Crippen LogP contribution in [0.3, 0.4) is 0 Å². The Balaban J connectivity index is 2.50. The zero-order valence-corrected chi connectivity index (χ0v) is 16.1. The Morgan fingerprint density at radius 1 is 1.14 bits per heavy atom. The summed E-state index contributed by atoms with van der Waals surface area (Å²) in [6, 6.07) is 8.37. The number of hydrogen-bond donors (Lipinski definition) is 5. The van der Waals surface area contributed by atoms with Crippen molar-refractivity contribution < 1.29 is 29.3 Å². The Morgan fingerprint density at radius 2 is 1.79 bits per heavy atom. The molecule has 154 valence electrons. The first-order chi connectivity index (χ1) is 13.8. The lowest BCUT2D eigenvalue weighted by Crippen LogP contribution is -2.23. The van der Waals surface area contributed by atoms with E-state index in [1.807, 2.05) is 0 Å². The van der Waals surface area contributed by atoms with E-state index in [1.54, 1.807) is 36.4 Å². The lowest BCUT2D eigenvalue weighted by Gasteiger charge is -2.22. The molecule has 9 nitrogen and oxygen atoms in total. The van der Waals surface area contributed by atoms with E-state index in [4.69, 9.17) is 25.7 Å². The molecule has 0 fully saturated rings. The molecule has 1 atom stereocenters. The van der Waals surface area contributed by atoms with E-state index in [1.165, 1.54) is 14.2 Å². The first kappa shape index (κ1) is 21.5. The average molecular weight is 401 g/mol. The zero-order valence-electron chi connectivity index (χ0n) is 16.1. The molecule has 0 aliphatic carbocycles. The van der Waals surface area contributed by atoms with E-state index >= 15 is 0 Å². The molecule has 6 N–H and O–H groups in total. The van der Waals surface area contributed by atoms with Crippen molar-refractivity contribution >= 4 is 23.5 Å². The van der Waals surface area contributed by atoms with E-state index in [-0.39, 0.29) is 18.7 Å². The molecule has 2 aromatic carbocycles. The number of nitrogen functional groups attached to an aromatic ring is 1. The lowest BCUT2D eigenvalue weighted by molar-refractivity contribution is -0.138. The molecule has 0 saturated carbocycles. The van der Waals surface area contributed by atoms with E-state index in [0.29, 0.717) is 33.9 Å². The summed E-state index contributed by atoms with van der Waals surface area (Å²) < 4.78 is 10.6.